The SMILES string of the molecule is CN[C@@H](C)CN[C@H]1COc2c(C(=O)O)cccc2N(Cc2c(OC)ccc3cc(C(=O)O)ccc23)C1=O. The molecule has 0 fully saturated rings. The van der Waals surface area contributed by atoms with Crippen LogP contribution in [0.1, 0.15) is 33.2 Å². The Labute approximate surface area is 213 Å². The molecule has 3 aromatic carbocycles. The largest absolute Gasteiger partial charge is 0.496 e. The average molecular weight is 508 g/mol. The molecular formula is C27H29N3O7. The molecule has 3 aromatic rings. The summed E-state index contributed by atoms with van der Waals surface area (Å²) < 4.78 is 11.5. The number of carboxylic acids is 2. The first-order valence-corrected chi connectivity index (χ1v) is 11.8. The predicted octanol–water partition coefficient (Wildman–Crippen LogP) is 2.74. The molecule has 0 saturated heterocycles. The molecule has 4 N–H and O–H groups in total. The van der Waals surface area contributed by atoms with Crippen LogP contribution in [0.3, 0.4) is 0 Å². The van der Waals surface area contributed by atoms with Crippen molar-refractivity contribution in [1.29, 1.82) is 0 Å². The van der Waals surface area contributed by atoms with Gasteiger partial charge in [0.2, 0.25) is 5.91 Å². The number of methoxy groups -OCH3 is 1. The minimum absolute atomic E-state index is 0.0439. The minimum atomic E-state index is -1.16. The molecule has 0 aliphatic carbocycles. The van der Waals surface area contributed by atoms with Crippen molar-refractivity contribution in [1.82, 2.24) is 10.6 Å². The van der Waals surface area contributed by atoms with E-state index in [1.54, 1.807) is 36.4 Å². The summed E-state index contributed by atoms with van der Waals surface area (Å²) >= 11 is 0. The van der Waals surface area contributed by atoms with E-state index in [4.69, 9.17) is 9.47 Å². The standard InChI is InChI=1S/C27H29N3O7/c1-15(28-2)12-29-21-14-37-24-19(27(34)35)5-4-6-22(24)30(25(21)31)13-20-18-9-7-17(26(32)33)11-16(18)8-10-23(20)36-3/h4-11,15,21,28-29H,12-14H2,1-3H3,(H,32,33)(H,34,35)/t15-,21-/m0/s1. The van der Waals surface area contributed by atoms with Crippen LogP contribution in [-0.2, 0) is 11.3 Å². The molecule has 0 unspecified atom stereocenters. The molecule has 10 heteroatoms. The van der Waals surface area contributed by atoms with Gasteiger partial charge in [-0.1, -0.05) is 18.2 Å². The van der Waals surface area contributed by atoms with Gasteiger partial charge in [-0.2, -0.15) is 0 Å². The van der Waals surface area contributed by atoms with Crippen molar-refractivity contribution in [2.24, 2.45) is 0 Å². The van der Waals surface area contributed by atoms with Crippen molar-refractivity contribution in [2.75, 3.05) is 32.2 Å². The fraction of sp³-hybridized carbons (Fsp3) is 0.296. The molecule has 0 radical (unpaired) electrons. The number of aromatic carboxylic acids is 2. The molecule has 0 saturated carbocycles. The smallest absolute Gasteiger partial charge is 0.339 e. The molecule has 37 heavy (non-hydrogen) atoms. The van der Waals surface area contributed by atoms with Gasteiger partial charge < -0.3 is 35.2 Å². The van der Waals surface area contributed by atoms with Crippen molar-refractivity contribution in [2.45, 2.75) is 25.6 Å². The van der Waals surface area contributed by atoms with Crippen LogP contribution in [0.25, 0.3) is 10.8 Å². The number of hydrogen-bond donors (Lipinski definition) is 4. The molecule has 10 nitrogen and oxygen atoms in total. The second kappa shape index (κ2) is 10.9. The number of carbonyl (C=O) groups excluding carboxylic acids is 1. The zero-order valence-corrected chi connectivity index (χ0v) is 20.8. The zero-order valence-electron chi connectivity index (χ0n) is 20.8. The number of carboxylic acid groups (broad SMARTS) is 2. The van der Waals surface area contributed by atoms with Gasteiger partial charge in [0.1, 0.15) is 24.0 Å². The highest BCUT2D eigenvalue weighted by Crippen LogP contribution is 2.38. The number of anilines is 1. The first-order chi connectivity index (χ1) is 17.7. The Balaban J connectivity index is 1.84. The van der Waals surface area contributed by atoms with Gasteiger partial charge in [0, 0.05) is 18.2 Å². The predicted molar refractivity (Wildman–Crippen MR) is 138 cm³/mol. The number of likely N-dealkylation sites (N-methyl/N-ethyl adjacent to an activating group) is 1. The minimum Gasteiger partial charge on any atom is -0.496 e. The normalized spacial score (nSPS) is 16.0. The van der Waals surface area contributed by atoms with Crippen molar-refractivity contribution in [3.63, 3.8) is 0 Å². The lowest BCUT2D eigenvalue weighted by molar-refractivity contribution is -0.121. The fourth-order valence-electron chi connectivity index (χ4n) is 4.35. The molecule has 0 bridgehead atoms. The van der Waals surface area contributed by atoms with Crippen molar-refractivity contribution in [3.05, 3.63) is 65.2 Å². The molecule has 1 amide bonds. The topological polar surface area (TPSA) is 137 Å². The third-order valence-electron chi connectivity index (χ3n) is 6.51. The summed E-state index contributed by atoms with van der Waals surface area (Å²) in [6, 6.07) is 12.3. The Morgan fingerprint density at radius 1 is 1.16 bits per heavy atom. The first kappa shape index (κ1) is 25.9. The number of para-hydroxylation sites is 1. The van der Waals surface area contributed by atoms with Gasteiger partial charge in [-0.05, 0) is 55.1 Å². The van der Waals surface area contributed by atoms with E-state index in [9.17, 15) is 24.6 Å². The van der Waals surface area contributed by atoms with Crippen molar-refractivity contribution in [3.8, 4) is 11.5 Å². The Morgan fingerprint density at radius 3 is 2.62 bits per heavy atom. The second-order valence-electron chi connectivity index (χ2n) is 8.83. The number of amides is 1. The lowest BCUT2D eigenvalue weighted by Gasteiger charge is -2.27. The van der Waals surface area contributed by atoms with Crippen LogP contribution >= 0.6 is 0 Å². The molecule has 1 aliphatic rings. The van der Waals surface area contributed by atoms with Crippen LogP contribution in [0.5, 0.6) is 11.5 Å². The maximum absolute atomic E-state index is 13.9. The van der Waals surface area contributed by atoms with Crippen LogP contribution in [0.2, 0.25) is 0 Å². The van der Waals surface area contributed by atoms with Crippen molar-refractivity contribution < 1.29 is 34.1 Å². The lowest BCUT2D eigenvalue weighted by Crippen LogP contribution is -2.51. The van der Waals surface area contributed by atoms with Crippen LogP contribution < -0.4 is 25.0 Å². The summed E-state index contributed by atoms with van der Waals surface area (Å²) in [5.41, 5.74) is 1.08. The van der Waals surface area contributed by atoms with Crippen LogP contribution in [-0.4, -0.2) is 67.5 Å². The van der Waals surface area contributed by atoms with E-state index >= 15 is 0 Å². The number of rotatable bonds is 9. The van der Waals surface area contributed by atoms with E-state index in [0.29, 0.717) is 34.3 Å². The van der Waals surface area contributed by atoms with Gasteiger partial charge in [-0.3, -0.25) is 4.79 Å². The number of hydrogen-bond acceptors (Lipinski definition) is 7. The third-order valence-corrected chi connectivity index (χ3v) is 6.51. The number of carbonyl (C=O) groups is 3. The van der Waals surface area contributed by atoms with Gasteiger partial charge in [-0.25, -0.2) is 9.59 Å². The Morgan fingerprint density at radius 2 is 1.95 bits per heavy atom. The fourth-order valence-corrected chi connectivity index (χ4v) is 4.35. The molecule has 194 valence electrons. The van der Waals surface area contributed by atoms with Gasteiger partial charge in [-0.15, -0.1) is 0 Å². The first-order valence-electron chi connectivity index (χ1n) is 11.8. The summed E-state index contributed by atoms with van der Waals surface area (Å²) in [5, 5.41) is 26.9. The number of fused-ring (bicyclic) bond motifs is 2. The highest BCUT2D eigenvalue weighted by atomic mass is 16.5. The number of nitrogens with zero attached hydrogens (tertiary/aromatic N) is 1. The molecular weight excluding hydrogens is 478 g/mol. The Kier molecular flexibility index (Phi) is 7.61. The van der Waals surface area contributed by atoms with Crippen LogP contribution in [0, 0.1) is 0 Å². The molecule has 1 heterocycles. The van der Waals surface area contributed by atoms with Gasteiger partial charge >= 0.3 is 11.9 Å². The number of nitrogens with one attached hydrogen (secondary N) is 2. The van der Waals surface area contributed by atoms with E-state index in [1.807, 2.05) is 14.0 Å². The van der Waals surface area contributed by atoms with E-state index in [0.717, 1.165) is 0 Å². The zero-order chi connectivity index (χ0) is 26.7. The highest BCUT2D eigenvalue weighted by Gasteiger charge is 2.34. The van der Waals surface area contributed by atoms with E-state index in [2.05, 4.69) is 10.6 Å². The summed E-state index contributed by atoms with van der Waals surface area (Å²) in [6.45, 7) is 2.46. The maximum Gasteiger partial charge on any atom is 0.339 e. The quantitative estimate of drug-likeness (QED) is 0.344. The van der Waals surface area contributed by atoms with Gasteiger partial charge in [0.05, 0.1) is 24.9 Å². The van der Waals surface area contributed by atoms with Crippen LogP contribution in [0.15, 0.2) is 48.5 Å². The van der Waals surface area contributed by atoms with E-state index < -0.39 is 18.0 Å². The number of ether oxygens (including phenoxy) is 2. The summed E-state index contributed by atoms with van der Waals surface area (Å²) in [6.07, 6.45) is 0. The second-order valence-corrected chi connectivity index (χ2v) is 8.83. The molecule has 4 rings (SSSR count). The van der Waals surface area contributed by atoms with Crippen LogP contribution in [0.4, 0.5) is 5.69 Å². The lowest BCUT2D eigenvalue weighted by atomic mass is 10.00. The summed E-state index contributed by atoms with van der Waals surface area (Å²) in [7, 11) is 3.34. The Hall–Kier alpha value is -4.15. The number of benzene rings is 3. The summed E-state index contributed by atoms with van der Waals surface area (Å²) in [4.78, 5) is 38.8. The third kappa shape index (κ3) is 5.20. The molecule has 0 spiro atoms. The average Bonchev–Trinajstić information content (AvgIpc) is 3.03. The van der Waals surface area contributed by atoms with E-state index in [1.165, 1.54) is 24.1 Å². The molecule has 1 aliphatic heterocycles. The van der Waals surface area contributed by atoms with Crippen molar-refractivity contribution >= 4 is 34.3 Å². The van der Waals surface area contributed by atoms with Gasteiger partial charge in [0.15, 0.2) is 5.75 Å². The van der Waals surface area contributed by atoms with Gasteiger partial charge in [0.25, 0.3) is 0 Å². The monoisotopic (exact) mass is 507 g/mol. The molecule has 0 aromatic heterocycles. The highest BCUT2D eigenvalue weighted by molar-refractivity contribution is 6.03. The maximum atomic E-state index is 13.9. The molecule has 2 atom stereocenters. The van der Waals surface area contributed by atoms with E-state index in [-0.39, 0.29) is 42.0 Å². The summed E-state index contributed by atoms with van der Waals surface area (Å²) in [5.74, 6) is -1.87. The Bertz CT molecular complexity index is 1360.